The zero-order valence-electron chi connectivity index (χ0n) is 10.2. The van der Waals surface area contributed by atoms with E-state index in [-0.39, 0.29) is 17.3 Å². The number of hydrogen-bond donors (Lipinski definition) is 2. The minimum atomic E-state index is -0.493. The van der Waals surface area contributed by atoms with Gasteiger partial charge in [0.15, 0.2) is 0 Å². The predicted molar refractivity (Wildman–Crippen MR) is 72.3 cm³/mol. The monoisotopic (exact) mass is 280 g/mol. The van der Waals surface area contributed by atoms with Gasteiger partial charge in [0.1, 0.15) is 6.33 Å². The van der Waals surface area contributed by atoms with Crippen LogP contribution in [0.25, 0.3) is 0 Å². The highest BCUT2D eigenvalue weighted by Gasteiger charge is 2.22. The van der Waals surface area contributed by atoms with Crippen LogP contribution >= 0.6 is 11.3 Å². The summed E-state index contributed by atoms with van der Waals surface area (Å²) < 4.78 is 0. The van der Waals surface area contributed by atoms with E-state index in [1.54, 1.807) is 11.7 Å². The molecular weight excluding hydrogens is 268 g/mol. The molecule has 100 valence electrons. The molecular formula is C10H12N6O2S. The molecule has 0 aliphatic heterocycles. The molecule has 0 bridgehead atoms. The number of nitrogens with one attached hydrogen (secondary N) is 2. The molecule has 0 radical (unpaired) electrons. The first-order chi connectivity index (χ1) is 9.22. The van der Waals surface area contributed by atoms with E-state index in [1.807, 2.05) is 6.92 Å². The summed E-state index contributed by atoms with van der Waals surface area (Å²) in [7, 11) is 0. The van der Waals surface area contributed by atoms with Crippen LogP contribution in [0.1, 0.15) is 11.8 Å². The molecule has 2 aromatic rings. The number of anilines is 2. The number of nitrogens with zero attached hydrogens (tertiary/aromatic N) is 4. The second-order valence-corrected chi connectivity index (χ2v) is 4.50. The maximum Gasteiger partial charge on any atom is 0.353 e. The van der Waals surface area contributed by atoms with Gasteiger partial charge in [-0.25, -0.2) is 9.97 Å². The van der Waals surface area contributed by atoms with Crippen molar-refractivity contribution in [2.45, 2.75) is 13.5 Å². The zero-order valence-corrected chi connectivity index (χ0v) is 11.0. The fraction of sp³-hybridized carbons (Fsp3) is 0.300. The molecule has 0 unspecified atom stereocenters. The Labute approximate surface area is 113 Å². The average Bonchev–Trinajstić information content (AvgIpc) is 2.89. The topological polar surface area (TPSA) is 106 Å². The van der Waals surface area contributed by atoms with Crippen molar-refractivity contribution in [2.24, 2.45) is 0 Å². The van der Waals surface area contributed by atoms with E-state index in [2.05, 4.69) is 25.6 Å². The molecule has 19 heavy (non-hydrogen) atoms. The molecule has 2 heterocycles. The molecule has 0 aliphatic carbocycles. The Morgan fingerprint density at radius 1 is 1.37 bits per heavy atom. The second kappa shape index (κ2) is 6.05. The fourth-order valence-corrected chi connectivity index (χ4v) is 2.01. The summed E-state index contributed by atoms with van der Waals surface area (Å²) in [6.45, 7) is 2.83. The van der Waals surface area contributed by atoms with Crippen LogP contribution in [0, 0.1) is 10.1 Å². The van der Waals surface area contributed by atoms with Crippen LogP contribution in [-0.2, 0) is 6.54 Å². The lowest BCUT2D eigenvalue weighted by atomic mass is 10.4. The Kier molecular flexibility index (Phi) is 4.18. The minimum Gasteiger partial charge on any atom is -0.364 e. The van der Waals surface area contributed by atoms with Gasteiger partial charge < -0.3 is 10.6 Å². The van der Waals surface area contributed by atoms with Crippen LogP contribution in [0.4, 0.5) is 17.3 Å². The van der Waals surface area contributed by atoms with Gasteiger partial charge in [0.25, 0.3) is 0 Å². The number of hydrogen-bond acceptors (Lipinski definition) is 8. The van der Waals surface area contributed by atoms with Gasteiger partial charge in [-0.1, -0.05) is 0 Å². The highest BCUT2D eigenvalue weighted by Crippen LogP contribution is 2.29. The smallest absolute Gasteiger partial charge is 0.353 e. The molecule has 0 aliphatic rings. The molecule has 0 fully saturated rings. The zero-order chi connectivity index (χ0) is 13.7. The molecule has 0 saturated heterocycles. The van der Waals surface area contributed by atoms with Crippen molar-refractivity contribution < 1.29 is 4.92 Å². The van der Waals surface area contributed by atoms with Crippen LogP contribution in [-0.4, -0.2) is 26.4 Å². The Bertz CT molecular complexity index is 559. The summed E-state index contributed by atoms with van der Waals surface area (Å²) in [5.41, 5.74) is 1.56. The second-order valence-electron chi connectivity index (χ2n) is 3.53. The normalized spacial score (nSPS) is 10.2. The molecule has 2 rings (SSSR count). The molecule has 2 aromatic heterocycles. The third-order valence-corrected chi connectivity index (χ3v) is 3.04. The van der Waals surface area contributed by atoms with E-state index < -0.39 is 4.92 Å². The van der Waals surface area contributed by atoms with Gasteiger partial charge in [0, 0.05) is 17.6 Å². The van der Waals surface area contributed by atoms with E-state index in [0.717, 1.165) is 4.88 Å². The molecule has 0 saturated carbocycles. The number of rotatable bonds is 6. The lowest BCUT2D eigenvalue weighted by Gasteiger charge is -2.08. The summed E-state index contributed by atoms with van der Waals surface area (Å²) in [6.07, 6.45) is 3.00. The summed E-state index contributed by atoms with van der Waals surface area (Å²) in [5.74, 6) is 0.415. The minimum absolute atomic E-state index is 0.145. The van der Waals surface area contributed by atoms with E-state index in [9.17, 15) is 10.1 Å². The van der Waals surface area contributed by atoms with E-state index in [4.69, 9.17) is 0 Å². The fourth-order valence-electron chi connectivity index (χ4n) is 1.48. The van der Waals surface area contributed by atoms with Crippen molar-refractivity contribution in [3.63, 3.8) is 0 Å². The van der Waals surface area contributed by atoms with Crippen molar-refractivity contribution >= 4 is 28.7 Å². The van der Waals surface area contributed by atoms with Gasteiger partial charge >= 0.3 is 5.69 Å². The van der Waals surface area contributed by atoms with Gasteiger partial charge in [-0.3, -0.25) is 15.1 Å². The molecule has 9 heteroatoms. The SMILES string of the molecule is CCNc1ncnc(NCc2cncs2)c1[N+](=O)[O-]. The average molecular weight is 280 g/mol. The van der Waals surface area contributed by atoms with Crippen LogP contribution in [0.5, 0.6) is 0 Å². The van der Waals surface area contributed by atoms with Crippen molar-refractivity contribution in [2.75, 3.05) is 17.2 Å². The summed E-state index contributed by atoms with van der Waals surface area (Å²) >= 11 is 1.47. The van der Waals surface area contributed by atoms with Gasteiger partial charge in [0.05, 0.1) is 17.0 Å². The third-order valence-electron chi connectivity index (χ3n) is 2.26. The Morgan fingerprint density at radius 2 is 2.11 bits per heavy atom. The van der Waals surface area contributed by atoms with E-state index >= 15 is 0 Å². The highest BCUT2D eigenvalue weighted by atomic mass is 32.1. The first-order valence-corrected chi connectivity index (χ1v) is 6.44. The van der Waals surface area contributed by atoms with Crippen molar-refractivity contribution in [1.82, 2.24) is 15.0 Å². The molecule has 0 amide bonds. The van der Waals surface area contributed by atoms with Crippen molar-refractivity contribution in [3.05, 3.63) is 33.0 Å². The lowest BCUT2D eigenvalue weighted by Crippen LogP contribution is -2.09. The highest BCUT2D eigenvalue weighted by molar-refractivity contribution is 7.09. The molecule has 8 nitrogen and oxygen atoms in total. The predicted octanol–water partition coefficient (Wildman–Crippen LogP) is 1.89. The Balaban J connectivity index is 2.23. The lowest BCUT2D eigenvalue weighted by molar-refractivity contribution is -0.383. The third kappa shape index (κ3) is 3.13. The number of nitro groups is 1. The van der Waals surface area contributed by atoms with Crippen LogP contribution < -0.4 is 10.6 Å². The standard InChI is InChI=1S/C10H12N6O2S/c1-2-12-9-8(16(17)18)10(15-5-14-9)13-4-7-3-11-6-19-7/h3,5-6H,2,4H2,1H3,(H2,12,13,14,15). The van der Waals surface area contributed by atoms with Crippen LogP contribution in [0.15, 0.2) is 18.0 Å². The van der Waals surface area contributed by atoms with Gasteiger partial charge in [-0.05, 0) is 6.92 Å². The van der Waals surface area contributed by atoms with Gasteiger partial charge in [-0.15, -0.1) is 11.3 Å². The Morgan fingerprint density at radius 3 is 2.68 bits per heavy atom. The summed E-state index contributed by atoms with van der Waals surface area (Å²) in [4.78, 5) is 23.3. The van der Waals surface area contributed by atoms with Gasteiger partial charge in [-0.2, -0.15) is 0 Å². The Hall–Kier alpha value is -2.29. The molecule has 0 atom stereocenters. The summed E-state index contributed by atoms with van der Waals surface area (Å²) in [5, 5.41) is 16.9. The first kappa shape index (κ1) is 13.1. The van der Waals surface area contributed by atoms with Crippen molar-refractivity contribution in [1.29, 1.82) is 0 Å². The quantitative estimate of drug-likeness (QED) is 0.614. The summed E-state index contributed by atoms with van der Waals surface area (Å²) in [6, 6.07) is 0. The molecule has 2 N–H and O–H groups in total. The van der Waals surface area contributed by atoms with Crippen molar-refractivity contribution in [3.8, 4) is 0 Å². The van der Waals surface area contributed by atoms with E-state index in [0.29, 0.717) is 13.1 Å². The maximum absolute atomic E-state index is 11.1. The van der Waals surface area contributed by atoms with Crippen LogP contribution in [0.3, 0.4) is 0 Å². The van der Waals surface area contributed by atoms with Gasteiger partial charge in [0.2, 0.25) is 11.6 Å². The number of thiazole rings is 1. The van der Waals surface area contributed by atoms with Crippen LogP contribution in [0.2, 0.25) is 0 Å². The maximum atomic E-state index is 11.1. The first-order valence-electron chi connectivity index (χ1n) is 5.57. The molecule has 0 aromatic carbocycles. The largest absolute Gasteiger partial charge is 0.364 e. The number of aromatic nitrogens is 3. The molecule has 0 spiro atoms. The van der Waals surface area contributed by atoms with E-state index in [1.165, 1.54) is 17.7 Å².